The van der Waals surface area contributed by atoms with E-state index in [0.717, 1.165) is 31.4 Å². The molecule has 0 N–H and O–H groups in total. The molecule has 1 atom stereocenters. The van der Waals surface area contributed by atoms with Crippen molar-refractivity contribution in [2.24, 2.45) is 5.92 Å². The molecule has 1 aromatic heterocycles. The highest BCUT2D eigenvalue weighted by molar-refractivity contribution is 6.74. The SMILES string of the molecule is CC(C)(C)[Si](C)(C)OC1CCC(C(=O)CC2c3ccccc3-c3cncn32)CC1. The average Bonchev–Trinajstić information content (AvgIpc) is 3.24. The normalized spacial score (nSPS) is 24.2. The first kappa shape index (κ1) is 20.5. The van der Waals surface area contributed by atoms with Gasteiger partial charge in [-0.1, -0.05) is 45.0 Å². The predicted octanol–water partition coefficient (Wildman–Crippen LogP) is 5.99. The van der Waals surface area contributed by atoms with Crippen LogP contribution in [0.1, 0.15) is 64.5 Å². The third kappa shape index (κ3) is 3.87. The number of aromatic nitrogens is 2. The zero-order chi connectivity index (χ0) is 20.8. The van der Waals surface area contributed by atoms with E-state index in [1.54, 1.807) is 0 Å². The van der Waals surface area contributed by atoms with Gasteiger partial charge in [-0.05, 0) is 49.4 Å². The molecule has 156 valence electrons. The van der Waals surface area contributed by atoms with E-state index >= 15 is 0 Å². The standard InChI is InChI=1S/C24H34N2O2Si/c1-24(2,3)29(4,5)28-18-12-10-17(11-13-18)23(27)14-21-19-8-6-7-9-20(19)22-15-25-16-26(21)22/h6-9,15-18,21H,10-14H2,1-5H3. The monoisotopic (exact) mass is 410 g/mol. The number of imidazole rings is 1. The first-order valence-corrected chi connectivity index (χ1v) is 13.9. The van der Waals surface area contributed by atoms with Gasteiger partial charge in [0.05, 0.1) is 24.3 Å². The lowest BCUT2D eigenvalue weighted by Crippen LogP contribution is -2.45. The van der Waals surface area contributed by atoms with E-state index in [9.17, 15) is 4.79 Å². The van der Waals surface area contributed by atoms with Crippen LogP contribution in [0.2, 0.25) is 18.1 Å². The molecule has 1 aromatic carbocycles. The molecule has 0 bridgehead atoms. The summed E-state index contributed by atoms with van der Waals surface area (Å²) in [5, 5.41) is 0.234. The maximum atomic E-state index is 13.2. The van der Waals surface area contributed by atoms with Gasteiger partial charge >= 0.3 is 0 Å². The van der Waals surface area contributed by atoms with Crippen LogP contribution in [0.25, 0.3) is 11.3 Å². The summed E-state index contributed by atoms with van der Waals surface area (Å²) in [7, 11) is -1.74. The summed E-state index contributed by atoms with van der Waals surface area (Å²) in [6, 6.07) is 8.52. The molecule has 0 spiro atoms. The molecule has 4 rings (SSSR count). The number of fused-ring (bicyclic) bond motifs is 3. The van der Waals surface area contributed by atoms with Crippen molar-refractivity contribution in [1.82, 2.24) is 9.55 Å². The van der Waals surface area contributed by atoms with E-state index < -0.39 is 8.32 Å². The summed E-state index contributed by atoms with van der Waals surface area (Å²) < 4.78 is 8.78. The minimum atomic E-state index is -1.74. The zero-order valence-electron chi connectivity index (χ0n) is 18.4. The number of rotatable bonds is 5. The number of Topliss-reactive ketones (excluding diaryl/α,β-unsaturated/α-hetero) is 1. The van der Waals surface area contributed by atoms with Gasteiger partial charge in [0.2, 0.25) is 0 Å². The van der Waals surface area contributed by atoms with E-state index in [4.69, 9.17) is 4.43 Å². The third-order valence-corrected chi connectivity index (χ3v) is 11.9. The second-order valence-corrected chi connectivity index (χ2v) is 15.1. The Balaban J connectivity index is 1.38. The fraction of sp³-hybridized carbons (Fsp3) is 0.583. The number of hydrogen-bond donors (Lipinski definition) is 0. The number of ketones is 1. The first-order valence-electron chi connectivity index (χ1n) is 11.0. The molecule has 1 fully saturated rings. The van der Waals surface area contributed by atoms with Crippen LogP contribution in [-0.4, -0.2) is 29.8 Å². The molecule has 1 aliphatic heterocycles. The van der Waals surface area contributed by atoms with Crippen molar-refractivity contribution in [1.29, 1.82) is 0 Å². The Morgan fingerprint density at radius 1 is 1.17 bits per heavy atom. The largest absolute Gasteiger partial charge is 0.414 e. The van der Waals surface area contributed by atoms with Gasteiger partial charge in [0, 0.05) is 24.0 Å². The van der Waals surface area contributed by atoms with Gasteiger partial charge in [-0.25, -0.2) is 4.98 Å². The molecule has 2 aliphatic rings. The van der Waals surface area contributed by atoms with Crippen LogP contribution < -0.4 is 0 Å². The van der Waals surface area contributed by atoms with Gasteiger partial charge in [0.25, 0.3) is 0 Å². The minimum absolute atomic E-state index is 0.0948. The third-order valence-electron chi connectivity index (χ3n) is 7.39. The molecule has 4 nitrogen and oxygen atoms in total. The highest BCUT2D eigenvalue weighted by atomic mass is 28.4. The Bertz CT molecular complexity index is 888. The fourth-order valence-corrected chi connectivity index (χ4v) is 6.02. The summed E-state index contributed by atoms with van der Waals surface area (Å²) in [4.78, 5) is 17.5. The summed E-state index contributed by atoms with van der Waals surface area (Å²) >= 11 is 0. The Morgan fingerprint density at radius 2 is 1.86 bits per heavy atom. The fourth-order valence-electron chi connectivity index (χ4n) is 4.59. The predicted molar refractivity (Wildman–Crippen MR) is 119 cm³/mol. The second kappa shape index (κ2) is 7.51. The molecule has 1 aliphatic carbocycles. The molecule has 1 saturated carbocycles. The summed E-state index contributed by atoms with van der Waals surface area (Å²) in [5.74, 6) is 0.575. The van der Waals surface area contributed by atoms with Crippen LogP contribution in [0.5, 0.6) is 0 Å². The van der Waals surface area contributed by atoms with E-state index in [0.29, 0.717) is 18.3 Å². The van der Waals surface area contributed by atoms with Crippen LogP contribution in [0.3, 0.4) is 0 Å². The highest BCUT2D eigenvalue weighted by Crippen LogP contribution is 2.43. The van der Waals surface area contributed by atoms with E-state index in [1.807, 2.05) is 12.5 Å². The molecule has 1 unspecified atom stereocenters. The molecule has 0 saturated heterocycles. The molecule has 0 radical (unpaired) electrons. The molecule has 2 heterocycles. The van der Waals surface area contributed by atoms with Crippen molar-refractivity contribution in [3.63, 3.8) is 0 Å². The average molecular weight is 411 g/mol. The van der Waals surface area contributed by atoms with Gasteiger partial charge in [-0.3, -0.25) is 4.79 Å². The van der Waals surface area contributed by atoms with Gasteiger partial charge in [0.15, 0.2) is 8.32 Å². The van der Waals surface area contributed by atoms with Gasteiger partial charge in [-0.15, -0.1) is 0 Å². The number of carbonyl (C=O) groups is 1. The van der Waals surface area contributed by atoms with E-state index in [2.05, 4.69) is 67.7 Å². The van der Waals surface area contributed by atoms with Crippen LogP contribution in [0.4, 0.5) is 0 Å². The number of hydrogen-bond acceptors (Lipinski definition) is 3. The van der Waals surface area contributed by atoms with Crippen molar-refractivity contribution >= 4 is 14.1 Å². The molecule has 29 heavy (non-hydrogen) atoms. The first-order chi connectivity index (χ1) is 13.7. The Kier molecular flexibility index (Phi) is 5.32. The quantitative estimate of drug-likeness (QED) is 0.568. The molecule has 0 amide bonds. The van der Waals surface area contributed by atoms with Crippen molar-refractivity contribution in [2.75, 3.05) is 0 Å². The maximum Gasteiger partial charge on any atom is 0.192 e. The van der Waals surface area contributed by atoms with Crippen molar-refractivity contribution in [3.05, 3.63) is 42.4 Å². The zero-order valence-corrected chi connectivity index (χ0v) is 19.4. The number of benzene rings is 1. The van der Waals surface area contributed by atoms with Crippen molar-refractivity contribution in [2.45, 2.75) is 83.2 Å². The van der Waals surface area contributed by atoms with E-state index in [1.165, 1.54) is 11.1 Å². The summed E-state index contributed by atoms with van der Waals surface area (Å²) in [6.07, 6.45) is 8.63. The molecule has 2 aromatic rings. The lowest BCUT2D eigenvalue weighted by molar-refractivity contribution is -0.124. The Morgan fingerprint density at radius 3 is 2.55 bits per heavy atom. The lowest BCUT2D eigenvalue weighted by Gasteiger charge is -2.41. The van der Waals surface area contributed by atoms with Crippen LogP contribution >= 0.6 is 0 Å². The van der Waals surface area contributed by atoms with Gasteiger partial charge in [0.1, 0.15) is 5.78 Å². The Labute approximate surface area is 175 Å². The van der Waals surface area contributed by atoms with Crippen LogP contribution in [0.15, 0.2) is 36.8 Å². The van der Waals surface area contributed by atoms with Crippen LogP contribution in [0, 0.1) is 5.92 Å². The van der Waals surface area contributed by atoms with Gasteiger partial charge < -0.3 is 8.99 Å². The maximum absolute atomic E-state index is 13.2. The van der Waals surface area contributed by atoms with Crippen LogP contribution in [-0.2, 0) is 9.22 Å². The molecular formula is C24H34N2O2Si. The highest BCUT2D eigenvalue weighted by Gasteiger charge is 2.40. The lowest BCUT2D eigenvalue weighted by atomic mass is 9.82. The topological polar surface area (TPSA) is 44.1 Å². The summed E-state index contributed by atoms with van der Waals surface area (Å²) in [5.41, 5.74) is 3.60. The van der Waals surface area contributed by atoms with Crippen molar-refractivity contribution in [3.8, 4) is 11.3 Å². The smallest absolute Gasteiger partial charge is 0.192 e. The molecular weight excluding hydrogens is 376 g/mol. The summed E-state index contributed by atoms with van der Waals surface area (Å²) in [6.45, 7) is 11.5. The van der Waals surface area contributed by atoms with E-state index in [-0.39, 0.29) is 17.0 Å². The number of carbonyl (C=O) groups excluding carboxylic acids is 1. The van der Waals surface area contributed by atoms with Gasteiger partial charge in [-0.2, -0.15) is 0 Å². The second-order valence-electron chi connectivity index (χ2n) is 10.3. The molecule has 5 heteroatoms. The minimum Gasteiger partial charge on any atom is -0.414 e. The Hall–Kier alpha value is -1.72. The van der Waals surface area contributed by atoms with Crippen molar-refractivity contribution < 1.29 is 9.22 Å². The number of nitrogens with zero attached hydrogens (tertiary/aromatic N) is 2.